The summed E-state index contributed by atoms with van der Waals surface area (Å²) >= 11 is 0. The fraction of sp³-hybridized carbons (Fsp3) is 0.182. The summed E-state index contributed by atoms with van der Waals surface area (Å²) in [5, 5.41) is 3.43. The van der Waals surface area contributed by atoms with Gasteiger partial charge in [-0.25, -0.2) is 0 Å². The maximum Gasteiger partial charge on any atom is 0.0437 e. The van der Waals surface area contributed by atoms with E-state index in [1.807, 2.05) is 30.3 Å². The number of nitrogen functional groups attached to an aromatic ring is 1. The predicted octanol–water partition coefficient (Wildman–Crippen LogP) is 4.80. The summed E-state index contributed by atoms with van der Waals surface area (Å²) in [4.78, 5) is 0. The van der Waals surface area contributed by atoms with Crippen LogP contribution in [0.2, 0.25) is 0 Å². The van der Waals surface area contributed by atoms with Gasteiger partial charge >= 0.3 is 0 Å². The van der Waals surface area contributed by atoms with Crippen LogP contribution in [-0.2, 0) is 0 Å². The van der Waals surface area contributed by atoms with Gasteiger partial charge in [0.05, 0.1) is 0 Å². The van der Waals surface area contributed by atoms with Gasteiger partial charge in [0.1, 0.15) is 0 Å². The van der Waals surface area contributed by atoms with Gasteiger partial charge in [0.25, 0.3) is 0 Å². The van der Waals surface area contributed by atoms with Crippen molar-refractivity contribution >= 4 is 22.5 Å². The smallest absolute Gasteiger partial charge is 0.0437 e. The lowest BCUT2D eigenvalue weighted by molar-refractivity contribution is 0.951. The van der Waals surface area contributed by atoms with Crippen LogP contribution in [0.3, 0.4) is 0 Å². The molecule has 0 fully saturated rings. The second-order valence-corrected chi connectivity index (χ2v) is 6.29. The summed E-state index contributed by atoms with van der Waals surface area (Å²) in [5.41, 5.74) is 20.5. The fourth-order valence-corrected chi connectivity index (χ4v) is 3.25. The van der Waals surface area contributed by atoms with E-state index in [0.29, 0.717) is 0 Å². The molecule has 0 saturated heterocycles. The highest BCUT2D eigenvalue weighted by Gasteiger charge is 2.19. The Labute approximate surface area is 149 Å². The van der Waals surface area contributed by atoms with E-state index in [4.69, 9.17) is 11.5 Å². The largest absolute Gasteiger partial charge is 0.402 e. The van der Waals surface area contributed by atoms with Crippen LogP contribution in [-0.4, -0.2) is 6.54 Å². The van der Waals surface area contributed by atoms with Gasteiger partial charge < -0.3 is 16.8 Å². The topological polar surface area (TPSA) is 64.1 Å². The Morgan fingerprint density at radius 1 is 1.08 bits per heavy atom. The molecule has 0 heterocycles. The standard InChI is InChI=1S/C22H25N3/c1-3-25-22-14-18(24)10-12-20(22)19-11-9-17(23)13-21(19)15(2)16-7-5-4-6-8-16/h4-8,10,12-14,25H,2-3,9,11,23-24H2,1H3. The lowest BCUT2D eigenvalue weighted by Gasteiger charge is -2.23. The number of hydrogen-bond acceptors (Lipinski definition) is 3. The highest BCUT2D eigenvalue weighted by molar-refractivity contribution is 5.94. The second-order valence-electron chi connectivity index (χ2n) is 6.29. The Bertz CT molecular complexity index is 845. The van der Waals surface area contributed by atoms with E-state index in [2.05, 4.69) is 43.1 Å². The maximum atomic E-state index is 6.15. The number of nitrogens with two attached hydrogens (primary N) is 2. The van der Waals surface area contributed by atoms with Crippen LogP contribution in [0.1, 0.15) is 30.9 Å². The Hall–Kier alpha value is -2.94. The van der Waals surface area contributed by atoms with Gasteiger partial charge in [-0.05, 0) is 60.3 Å². The van der Waals surface area contributed by atoms with E-state index in [1.54, 1.807) is 0 Å². The normalized spacial score (nSPS) is 14.2. The molecule has 0 aliphatic heterocycles. The molecule has 0 saturated carbocycles. The molecule has 3 nitrogen and oxygen atoms in total. The Balaban J connectivity index is 2.15. The van der Waals surface area contributed by atoms with E-state index in [9.17, 15) is 0 Å². The summed E-state index contributed by atoms with van der Waals surface area (Å²) in [6.07, 6.45) is 3.82. The third-order valence-corrected chi connectivity index (χ3v) is 4.50. The number of benzene rings is 2. The molecule has 2 aromatic rings. The SMILES string of the molecule is C=C(C1=C(c2ccc(N)cc2NCC)CCC(N)=C1)c1ccccc1. The van der Waals surface area contributed by atoms with E-state index < -0.39 is 0 Å². The van der Waals surface area contributed by atoms with Crippen molar-refractivity contribution in [3.63, 3.8) is 0 Å². The first-order chi connectivity index (χ1) is 12.1. The minimum Gasteiger partial charge on any atom is -0.402 e. The third-order valence-electron chi connectivity index (χ3n) is 4.50. The lowest BCUT2D eigenvalue weighted by Crippen LogP contribution is -2.09. The molecule has 1 aliphatic rings. The molecule has 5 N–H and O–H groups in total. The van der Waals surface area contributed by atoms with Crippen molar-refractivity contribution in [2.24, 2.45) is 5.73 Å². The van der Waals surface area contributed by atoms with Crippen LogP contribution >= 0.6 is 0 Å². The first-order valence-corrected chi connectivity index (χ1v) is 8.67. The number of anilines is 2. The summed E-state index contributed by atoms with van der Waals surface area (Å²) in [5.74, 6) is 0. The van der Waals surface area contributed by atoms with E-state index in [1.165, 1.54) is 11.1 Å². The van der Waals surface area contributed by atoms with Gasteiger partial charge in [0, 0.05) is 29.2 Å². The molecule has 0 atom stereocenters. The highest BCUT2D eigenvalue weighted by atomic mass is 14.9. The van der Waals surface area contributed by atoms with Crippen molar-refractivity contribution in [3.8, 4) is 0 Å². The van der Waals surface area contributed by atoms with Gasteiger partial charge in [-0.1, -0.05) is 43.0 Å². The number of allylic oxidation sites excluding steroid dienone is 5. The average Bonchev–Trinajstić information content (AvgIpc) is 2.63. The van der Waals surface area contributed by atoms with Crippen LogP contribution in [0.15, 0.2) is 72.5 Å². The van der Waals surface area contributed by atoms with E-state index >= 15 is 0 Å². The third kappa shape index (κ3) is 3.61. The zero-order valence-electron chi connectivity index (χ0n) is 14.7. The van der Waals surface area contributed by atoms with Crippen molar-refractivity contribution in [2.75, 3.05) is 17.6 Å². The molecular weight excluding hydrogens is 306 g/mol. The van der Waals surface area contributed by atoms with Crippen LogP contribution in [0, 0.1) is 0 Å². The molecule has 1 aliphatic carbocycles. The molecule has 0 amide bonds. The highest BCUT2D eigenvalue weighted by Crippen LogP contribution is 2.39. The first kappa shape index (κ1) is 16.9. The number of hydrogen-bond donors (Lipinski definition) is 3. The second kappa shape index (κ2) is 7.31. The van der Waals surface area contributed by atoms with Gasteiger partial charge in [0.2, 0.25) is 0 Å². The molecule has 3 rings (SSSR count). The first-order valence-electron chi connectivity index (χ1n) is 8.67. The number of rotatable bonds is 5. The Morgan fingerprint density at radius 2 is 1.84 bits per heavy atom. The van der Waals surface area contributed by atoms with Crippen molar-refractivity contribution in [1.29, 1.82) is 0 Å². The Kier molecular flexibility index (Phi) is 4.94. The minimum absolute atomic E-state index is 0.759. The van der Waals surface area contributed by atoms with Gasteiger partial charge in [0.15, 0.2) is 0 Å². The minimum atomic E-state index is 0.759. The molecular formula is C22H25N3. The molecule has 0 aromatic heterocycles. The average molecular weight is 331 g/mol. The summed E-state index contributed by atoms with van der Waals surface area (Å²) < 4.78 is 0. The van der Waals surface area contributed by atoms with Crippen molar-refractivity contribution in [1.82, 2.24) is 0 Å². The molecule has 0 spiro atoms. The zero-order valence-corrected chi connectivity index (χ0v) is 14.7. The summed E-state index contributed by atoms with van der Waals surface area (Å²) in [7, 11) is 0. The quantitative estimate of drug-likeness (QED) is 0.689. The van der Waals surface area contributed by atoms with Crippen molar-refractivity contribution in [3.05, 3.63) is 83.6 Å². The van der Waals surface area contributed by atoms with Gasteiger partial charge in [-0.2, -0.15) is 0 Å². The van der Waals surface area contributed by atoms with Crippen molar-refractivity contribution < 1.29 is 0 Å². The van der Waals surface area contributed by atoms with E-state index in [0.717, 1.165) is 53.2 Å². The zero-order chi connectivity index (χ0) is 17.8. The van der Waals surface area contributed by atoms with E-state index in [-0.39, 0.29) is 0 Å². The summed E-state index contributed by atoms with van der Waals surface area (Å²) in [6.45, 7) is 7.28. The van der Waals surface area contributed by atoms with Crippen molar-refractivity contribution in [2.45, 2.75) is 19.8 Å². The lowest BCUT2D eigenvalue weighted by atomic mass is 9.84. The Morgan fingerprint density at radius 3 is 2.56 bits per heavy atom. The van der Waals surface area contributed by atoms with Gasteiger partial charge in [-0.15, -0.1) is 0 Å². The molecule has 0 unspecified atom stereocenters. The van der Waals surface area contributed by atoms with Gasteiger partial charge in [-0.3, -0.25) is 0 Å². The maximum absolute atomic E-state index is 6.15. The van der Waals surface area contributed by atoms with Crippen LogP contribution < -0.4 is 16.8 Å². The fourth-order valence-electron chi connectivity index (χ4n) is 3.25. The van der Waals surface area contributed by atoms with Crippen LogP contribution in [0.25, 0.3) is 11.1 Å². The molecule has 2 aromatic carbocycles. The summed E-state index contributed by atoms with van der Waals surface area (Å²) in [6, 6.07) is 16.3. The predicted molar refractivity (Wildman–Crippen MR) is 109 cm³/mol. The molecule has 0 radical (unpaired) electrons. The molecule has 3 heteroatoms. The van der Waals surface area contributed by atoms with Crippen LogP contribution in [0.4, 0.5) is 11.4 Å². The van der Waals surface area contributed by atoms with Crippen LogP contribution in [0.5, 0.6) is 0 Å². The molecule has 0 bridgehead atoms. The number of nitrogens with one attached hydrogen (secondary N) is 1. The molecule has 25 heavy (non-hydrogen) atoms. The monoisotopic (exact) mass is 331 g/mol. The molecule has 128 valence electrons.